The number of amides is 2. The van der Waals surface area contributed by atoms with Crippen LogP contribution in [0.15, 0.2) is 0 Å². The molecule has 0 aromatic carbocycles. The zero-order valence-electron chi connectivity index (χ0n) is 12.9. The first-order chi connectivity index (χ1) is 10.1. The zero-order valence-corrected chi connectivity index (χ0v) is 13.7. The monoisotopic (exact) mass is 306 g/mol. The first kappa shape index (κ1) is 15.8. The summed E-state index contributed by atoms with van der Waals surface area (Å²) >= 11 is 1.42. The fraction of sp³-hybridized carbons (Fsp3) is 0.600. The minimum atomic E-state index is 0.0182. The van der Waals surface area contributed by atoms with Gasteiger partial charge in [0.25, 0.3) is 0 Å². The van der Waals surface area contributed by atoms with E-state index >= 15 is 0 Å². The first-order valence-corrected chi connectivity index (χ1v) is 8.05. The van der Waals surface area contributed by atoms with Gasteiger partial charge in [-0.05, 0) is 24.4 Å². The molecule has 2 rings (SSSR count). The molecule has 1 saturated heterocycles. The number of aryl methyl sites for hydroxylation is 1. The summed E-state index contributed by atoms with van der Waals surface area (Å²) in [7, 11) is 1.80. The van der Waals surface area contributed by atoms with E-state index in [9.17, 15) is 4.79 Å². The normalized spacial score (nSPS) is 16.4. The number of aromatic nitrogens is 1. The molecule has 0 N–H and O–H groups in total. The van der Waals surface area contributed by atoms with Crippen molar-refractivity contribution in [3.8, 4) is 12.3 Å². The van der Waals surface area contributed by atoms with Gasteiger partial charge in [0.15, 0.2) is 0 Å². The van der Waals surface area contributed by atoms with Crippen LogP contribution in [0, 0.1) is 12.3 Å². The van der Waals surface area contributed by atoms with Crippen molar-refractivity contribution >= 4 is 22.6 Å². The standard InChI is InChI=1S/C15H22N4OS/c1-5-8-13-12(7-3)14(21-16-13)19-11-18(9-6-2)10-17(4)15(19)20/h2H,5,7-11H2,1,3-4H3. The van der Waals surface area contributed by atoms with E-state index in [1.54, 1.807) is 16.8 Å². The number of anilines is 1. The van der Waals surface area contributed by atoms with Crippen molar-refractivity contribution in [1.82, 2.24) is 14.2 Å². The van der Waals surface area contributed by atoms with Crippen molar-refractivity contribution in [2.45, 2.75) is 33.1 Å². The third-order valence-electron chi connectivity index (χ3n) is 3.56. The summed E-state index contributed by atoms with van der Waals surface area (Å²) < 4.78 is 4.55. The van der Waals surface area contributed by atoms with Crippen LogP contribution in [-0.4, -0.2) is 47.1 Å². The minimum absolute atomic E-state index is 0.0182. The second-order valence-electron chi connectivity index (χ2n) is 5.24. The lowest BCUT2D eigenvalue weighted by Gasteiger charge is -2.39. The van der Waals surface area contributed by atoms with Gasteiger partial charge >= 0.3 is 6.03 Å². The minimum Gasteiger partial charge on any atom is -0.314 e. The molecule has 1 aliphatic heterocycles. The lowest BCUT2D eigenvalue weighted by atomic mass is 10.1. The van der Waals surface area contributed by atoms with E-state index in [-0.39, 0.29) is 6.03 Å². The average Bonchev–Trinajstić information content (AvgIpc) is 2.86. The van der Waals surface area contributed by atoms with Crippen LogP contribution in [-0.2, 0) is 12.8 Å². The van der Waals surface area contributed by atoms with Gasteiger partial charge in [-0.2, -0.15) is 4.37 Å². The number of hydrogen-bond donors (Lipinski definition) is 0. The fourth-order valence-electron chi connectivity index (χ4n) is 2.58. The molecule has 2 amide bonds. The van der Waals surface area contributed by atoms with Crippen molar-refractivity contribution in [3.05, 3.63) is 11.3 Å². The summed E-state index contributed by atoms with van der Waals surface area (Å²) in [6.45, 7) is 5.91. The van der Waals surface area contributed by atoms with Gasteiger partial charge in [-0.15, -0.1) is 6.42 Å². The Morgan fingerprint density at radius 2 is 2.14 bits per heavy atom. The van der Waals surface area contributed by atoms with Gasteiger partial charge in [0.2, 0.25) is 0 Å². The molecular weight excluding hydrogens is 284 g/mol. The van der Waals surface area contributed by atoms with E-state index in [0.717, 1.165) is 30.0 Å². The molecule has 114 valence electrons. The van der Waals surface area contributed by atoms with Gasteiger partial charge in [-0.25, -0.2) is 4.79 Å². The quantitative estimate of drug-likeness (QED) is 0.784. The summed E-state index contributed by atoms with van der Waals surface area (Å²) in [6, 6.07) is 0.0182. The Morgan fingerprint density at radius 3 is 2.76 bits per heavy atom. The van der Waals surface area contributed by atoms with E-state index < -0.39 is 0 Å². The molecule has 1 aliphatic rings. The van der Waals surface area contributed by atoms with Crippen LogP contribution in [0.4, 0.5) is 9.80 Å². The molecule has 0 bridgehead atoms. The molecule has 1 aromatic rings. The number of carbonyl (C=O) groups excluding carboxylic acids is 1. The molecule has 0 unspecified atom stereocenters. The lowest BCUT2D eigenvalue weighted by molar-refractivity contribution is 0.141. The van der Waals surface area contributed by atoms with Crippen molar-refractivity contribution in [2.24, 2.45) is 0 Å². The topological polar surface area (TPSA) is 39.7 Å². The highest BCUT2D eigenvalue weighted by molar-refractivity contribution is 7.10. The first-order valence-electron chi connectivity index (χ1n) is 7.28. The lowest BCUT2D eigenvalue weighted by Crippen LogP contribution is -2.56. The summed E-state index contributed by atoms with van der Waals surface area (Å²) in [5.74, 6) is 2.65. The largest absolute Gasteiger partial charge is 0.327 e. The summed E-state index contributed by atoms with van der Waals surface area (Å²) in [5.41, 5.74) is 2.33. The third-order valence-corrected chi connectivity index (χ3v) is 4.51. The molecule has 6 heteroatoms. The van der Waals surface area contributed by atoms with Crippen LogP contribution in [0.1, 0.15) is 31.5 Å². The summed E-state index contributed by atoms with van der Waals surface area (Å²) in [6.07, 6.45) is 8.32. The van der Waals surface area contributed by atoms with Crippen molar-refractivity contribution in [3.63, 3.8) is 0 Å². The highest BCUT2D eigenvalue weighted by Crippen LogP contribution is 2.32. The molecule has 0 saturated carbocycles. The van der Waals surface area contributed by atoms with Gasteiger partial charge in [-0.3, -0.25) is 9.80 Å². The summed E-state index contributed by atoms with van der Waals surface area (Å²) in [4.78, 5) is 18.0. The number of rotatable bonds is 5. The Kier molecular flexibility index (Phi) is 5.21. The average molecular weight is 306 g/mol. The smallest absolute Gasteiger partial charge is 0.314 e. The summed E-state index contributed by atoms with van der Waals surface area (Å²) in [5, 5.41) is 0.972. The van der Waals surface area contributed by atoms with Gasteiger partial charge < -0.3 is 4.90 Å². The molecule has 0 spiro atoms. The molecule has 2 heterocycles. The van der Waals surface area contributed by atoms with Crippen molar-refractivity contribution in [1.29, 1.82) is 0 Å². The number of carbonyl (C=O) groups is 1. The molecule has 21 heavy (non-hydrogen) atoms. The van der Waals surface area contributed by atoms with Crippen LogP contribution in [0.2, 0.25) is 0 Å². The highest BCUT2D eigenvalue weighted by Gasteiger charge is 2.31. The number of nitrogens with zero attached hydrogens (tertiary/aromatic N) is 4. The van der Waals surface area contributed by atoms with E-state index in [1.165, 1.54) is 17.1 Å². The number of terminal acetylenes is 1. The van der Waals surface area contributed by atoms with Gasteiger partial charge in [0.1, 0.15) is 5.00 Å². The van der Waals surface area contributed by atoms with Crippen LogP contribution in [0.3, 0.4) is 0 Å². The van der Waals surface area contributed by atoms with E-state index in [4.69, 9.17) is 6.42 Å². The Labute approximate surface area is 130 Å². The second-order valence-corrected chi connectivity index (χ2v) is 5.99. The molecule has 1 aromatic heterocycles. The van der Waals surface area contributed by atoms with Gasteiger partial charge in [0.05, 0.1) is 25.6 Å². The fourth-order valence-corrected chi connectivity index (χ4v) is 3.59. The third kappa shape index (κ3) is 3.20. The van der Waals surface area contributed by atoms with Gasteiger partial charge in [-0.1, -0.05) is 26.2 Å². The zero-order chi connectivity index (χ0) is 15.4. The Morgan fingerprint density at radius 1 is 1.38 bits per heavy atom. The maximum atomic E-state index is 12.5. The van der Waals surface area contributed by atoms with Crippen molar-refractivity contribution < 1.29 is 4.79 Å². The predicted molar refractivity (Wildman–Crippen MR) is 86.4 cm³/mol. The van der Waals surface area contributed by atoms with Crippen LogP contribution in [0.25, 0.3) is 0 Å². The van der Waals surface area contributed by atoms with Crippen molar-refractivity contribution in [2.75, 3.05) is 31.8 Å². The Balaban J connectivity index is 2.30. The van der Waals surface area contributed by atoms with E-state index in [2.05, 4.69) is 29.0 Å². The van der Waals surface area contributed by atoms with E-state index in [1.807, 2.05) is 0 Å². The Hall–Kier alpha value is -1.58. The molecular formula is C15H22N4OS. The molecule has 0 radical (unpaired) electrons. The Bertz CT molecular complexity index is 548. The van der Waals surface area contributed by atoms with Crippen LogP contribution >= 0.6 is 11.5 Å². The molecule has 0 aliphatic carbocycles. The molecule has 0 atom stereocenters. The number of urea groups is 1. The van der Waals surface area contributed by atoms with Gasteiger partial charge in [0, 0.05) is 12.6 Å². The second kappa shape index (κ2) is 6.92. The maximum absolute atomic E-state index is 12.5. The molecule has 1 fully saturated rings. The maximum Gasteiger partial charge on any atom is 0.327 e. The van der Waals surface area contributed by atoms with Crippen LogP contribution in [0.5, 0.6) is 0 Å². The molecule has 5 nitrogen and oxygen atoms in total. The highest BCUT2D eigenvalue weighted by atomic mass is 32.1. The predicted octanol–water partition coefficient (Wildman–Crippen LogP) is 2.38. The van der Waals surface area contributed by atoms with Crippen LogP contribution < -0.4 is 4.90 Å². The number of hydrogen-bond acceptors (Lipinski definition) is 4. The van der Waals surface area contributed by atoms with E-state index in [0.29, 0.717) is 19.9 Å². The SMILES string of the molecule is C#CCN1CN(C)C(=O)N(c2snc(CCC)c2CC)C1.